The highest BCUT2D eigenvalue weighted by atomic mass is 16.5. The molecule has 0 bridgehead atoms. The smallest absolute Gasteiger partial charge is 0.335 e. The van der Waals surface area contributed by atoms with Crippen molar-refractivity contribution in [1.82, 2.24) is 0 Å². The van der Waals surface area contributed by atoms with Gasteiger partial charge in [-0.15, -0.1) is 0 Å². The monoisotopic (exact) mass is 843 g/mol. The third-order valence-electron chi connectivity index (χ3n) is 13.5. The molecule has 0 saturated heterocycles. The fourth-order valence-electron chi connectivity index (χ4n) is 9.70. The number of carbonyl (C=O) groups excluding carboxylic acids is 2. The lowest BCUT2D eigenvalue weighted by atomic mass is 9.75. The minimum Gasteiger partial charge on any atom is -0.463 e. The molecule has 0 heterocycles. The largest absolute Gasteiger partial charge is 0.463 e. The van der Waals surface area contributed by atoms with Crippen LogP contribution in [-0.2, 0) is 27.2 Å². The van der Waals surface area contributed by atoms with Gasteiger partial charge in [0.05, 0.1) is 6.61 Å². The SMILES string of the molecule is C=CC(=O)OCCCCCCc1ccc(C2CCC(c3ccc(-c4ccc(C)cc4)c(C)c3)CC2)cc1.C=CC(=O)Oc1ccc(C2CCC(c3ccc(CCC)cc3)CC2)cc1. The maximum atomic E-state index is 11.3. The zero-order valence-corrected chi connectivity index (χ0v) is 38.3. The van der Waals surface area contributed by atoms with Crippen LogP contribution in [0.3, 0.4) is 0 Å². The summed E-state index contributed by atoms with van der Waals surface area (Å²) < 4.78 is 10.2. The van der Waals surface area contributed by atoms with Crippen LogP contribution in [0.1, 0.15) is 159 Å². The maximum Gasteiger partial charge on any atom is 0.335 e. The van der Waals surface area contributed by atoms with Gasteiger partial charge >= 0.3 is 11.9 Å². The van der Waals surface area contributed by atoms with E-state index in [2.05, 4.69) is 137 Å². The lowest BCUT2D eigenvalue weighted by Gasteiger charge is -2.29. The molecule has 0 spiro atoms. The molecule has 0 N–H and O–H groups in total. The van der Waals surface area contributed by atoms with Gasteiger partial charge < -0.3 is 9.47 Å². The molecule has 0 aliphatic heterocycles. The van der Waals surface area contributed by atoms with Crippen molar-refractivity contribution in [2.24, 2.45) is 0 Å². The summed E-state index contributed by atoms with van der Waals surface area (Å²) >= 11 is 0. The topological polar surface area (TPSA) is 52.6 Å². The van der Waals surface area contributed by atoms with Crippen LogP contribution in [0, 0.1) is 13.8 Å². The molecular weight excluding hydrogens is 773 g/mol. The van der Waals surface area contributed by atoms with Crippen LogP contribution in [0.25, 0.3) is 11.1 Å². The quantitative estimate of drug-likeness (QED) is 0.0405. The van der Waals surface area contributed by atoms with E-state index < -0.39 is 5.97 Å². The van der Waals surface area contributed by atoms with Crippen molar-refractivity contribution in [3.8, 4) is 16.9 Å². The Morgan fingerprint density at radius 1 is 0.540 bits per heavy atom. The van der Waals surface area contributed by atoms with E-state index in [1.54, 1.807) is 0 Å². The molecule has 0 unspecified atom stereocenters. The first-order chi connectivity index (χ1) is 30.7. The van der Waals surface area contributed by atoms with Crippen LogP contribution in [0.4, 0.5) is 0 Å². The van der Waals surface area contributed by atoms with Crippen molar-refractivity contribution in [1.29, 1.82) is 0 Å². The number of esters is 2. The van der Waals surface area contributed by atoms with Gasteiger partial charge in [-0.2, -0.15) is 0 Å². The number of rotatable bonds is 17. The normalized spacial score (nSPS) is 18.3. The molecule has 0 atom stereocenters. The fraction of sp³-hybridized carbons (Fsp3) is 0.390. The van der Waals surface area contributed by atoms with E-state index in [0.29, 0.717) is 36.0 Å². The molecule has 0 aromatic heterocycles. The molecule has 5 aromatic rings. The van der Waals surface area contributed by atoms with Crippen molar-refractivity contribution in [2.75, 3.05) is 6.61 Å². The minimum absolute atomic E-state index is 0.323. The average molecular weight is 843 g/mol. The zero-order valence-electron chi connectivity index (χ0n) is 38.3. The van der Waals surface area contributed by atoms with Crippen molar-refractivity contribution < 1.29 is 19.1 Å². The van der Waals surface area contributed by atoms with Gasteiger partial charge in [-0.3, -0.25) is 0 Å². The van der Waals surface area contributed by atoms with Crippen LogP contribution in [0.15, 0.2) is 141 Å². The Labute approximate surface area is 378 Å². The lowest BCUT2D eigenvalue weighted by Crippen LogP contribution is -2.12. The second-order valence-electron chi connectivity index (χ2n) is 18.0. The standard InChI is InChI=1S/C35H42O2.C24H28O2/c1-4-35(36)37-24-8-6-5-7-9-28-12-16-29(17-13-28)30-18-20-31(21-19-30)33-22-23-34(27(3)25-33)32-14-10-26(2)11-15-32;1-3-5-18-6-8-19(9-7-18)20-10-12-21(13-11-20)22-14-16-23(17-15-22)26-24(25)4-2/h4,10-17,22-23,25,30-31H,1,5-9,18-21,24H2,2-3H3;4,6-9,14-17,20-21H,2-3,5,10-13H2,1H3. The number of aryl methyl sites for hydroxylation is 4. The Morgan fingerprint density at radius 3 is 1.49 bits per heavy atom. The minimum atomic E-state index is -0.414. The summed E-state index contributed by atoms with van der Waals surface area (Å²) in [6, 6.07) is 42.6. The molecule has 0 amide bonds. The summed E-state index contributed by atoms with van der Waals surface area (Å²) in [5.74, 6) is 2.52. The highest BCUT2D eigenvalue weighted by Crippen LogP contribution is 2.42. The number of hydrogen-bond acceptors (Lipinski definition) is 4. The number of hydrogen-bond donors (Lipinski definition) is 0. The van der Waals surface area contributed by atoms with E-state index in [1.165, 1.54) is 145 Å². The van der Waals surface area contributed by atoms with Gasteiger partial charge in [-0.05, 0) is 177 Å². The molecule has 5 aromatic carbocycles. The molecule has 330 valence electrons. The molecule has 2 saturated carbocycles. The van der Waals surface area contributed by atoms with Gasteiger partial charge in [0.25, 0.3) is 0 Å². The lowest BCUT2D eigenvalue weighted by molar-refractivity contribution is -0.137. The summed E-state index contributed by atoms with van der Waals surface area (Å²) in [5, 5.41) is 0. The average Bonchev–Trinajstić information content (AvgIpc) is 3.32. The van der Waals surface area contributed by atoms with Crippen LogP contribution >= 0.6 is 0 Å². The Balaban J connectivity index is 0.000000223. The van der Waals surface area contributed by atoms with Gasteiger partial charge in [0.2, 0.25) is 0 Å². The van der Waals surface area contributed by atoms with Crippen molar-refractivity contribution in [3.63, 3.8) is 0 Å². The maximum absolute atomic E-state index is 11.3. The van der Waals surface area contributed by atoms with Crippen molar-refractivity contribution in [2.45, 2.75) is 141 Å². The molecular formula is C59H70O4. The van der Waals surface area contributed by atoms with Crippen LogP contribution < -0.4 is 4.74 Å². The zero-order chi connectivity index (χ0) is 44.4. The molecule has 0 radical (unpaired) electrons. The van der Waals surface area contributed by atoms with Crippen LogP contribution in [-0.4, -0.2) is 18.5 Å². The van der Waals surface area contributed by atoms with Gasteiger partial charge in [-0.1, -0.05) is 148 Å². The van der Waals surface area contributed by atoms with Gasteiger partial charge in [0.1, 0.15) is 5.75 Å². The fourth-order valence-corrected chi connectivity index (χ4v) is 9.70. The Bertz CT molecular complexity index is 2180. The molecule has 63 heavy (non-hydrogen) atoms. The van der Waals surface area contributed by atoms with Crippen LogP contribution in [0.2, 0.25) is 0 Å². The highest BCUT2D eigenvalue weighted by molar-refractivity contribution is 5.83. The first-order valence-electron chi connectivity index (χ1n) is 23.8. The number of unbranched alkanes of at least 4 members (excludes halogenated alkanes) is 3. The molecule has 4 nitrogen and oxygen atoms in total. The summed E-state index contributed by atoms with van der Waals surface area (Å²) in [4.78, 5) is 22.3. The highest BCUT2D eigenvalue weighted by Gasteiger charge is 2.25. The second kappa shape index (κ2) is 24.4. The third-order valence-corrected chi connectivity index (χ3v) is 13.5. The van der Waals surface area contributed by atoms with E-state index in [9.17, 15) is 9.59 Å². The number of benzene rings is 5. The van der Waals surface area contributed by atoms with Gasteiger partial charge in [0, 0.05) is 12.2 Å². The predicted octanol–water partition coefficient (Wildman–Crippen LogP) is 15.4. The Morgan fingerprint density at radius 2 is 1.00 bits per heavy atom. The van der Waals surface area contributed by atoms with Crippen molar-refractivity contribution in [3.05, 3.63) is 185 Å². The summed E-state index contributed by atoms with van der Waals surface area (Å²) in [7, 11) is 0. The Kier molecular flexibility index (Phi) is 18.2. The number of carbonyl (C=O) groups is 2. The van der Waals surface area contributed by atoms with E-state index in [-0.39, 0.29) is 5.97 Å². The van der Waals surface area contributed by atoms with Crippen molar-refractivity contribution >= 4 is 11.9 Å². The Hall–Kier alpha value is -5.48. The first-order valence-corrected chi connectivity index (χ1v) is 23.8. The van der Waals surface area contributed by atoms with Crippen LogP contribution in [0.5, 0.6) is 5.75 Å². The molecule has 2 aliphatic rings. The van der Waals surface area contributed by atoms with Gasteiger partial charge in [-0.25, -0.2) is 9.59 Å². The first kappa shape index (κ1) is 47.0. The number of ether oxygens (including phenoxy) is 2. The van der Waals surface area contributed by atoms with E-state index in [1.807, 2.05) is 12.1 Å². The predicted molar refractivity (Wildman–Crippen MR) is 262 cm³/mol. The molecule has 7 rings (SSSR count). The van der Waals surface area contributed by atoms with E-state index in [0.717, 1.165) is 19.3 Å². The van der Waals surface area contributed by atoms with E-state index >= 15 is 0 Å². The summed E-state index contributed by atoms with van der Waals surface area (Å²) in [6.07, 6.45) is 20.3. The second-order valence-corrected chi connectivity index (χ2v) is 18.0. The third kappa shape index (κ3) is 14.3. The molecule has 2 aliphatic carbocycles. The molecule has 2 fully saturated rings. The van der Waals surface area contributed by atoms with Gasteiger partial charge in [0.15, 0.2) is 0 Å². The summed E-state index contributed by atoms with van der Waals surface area (Å²) in [6.45, 7) is 14.0. The molecule has 4 heteroatoms. The van der Waals surface area contributed by atoms with E-state index in [4.69, 9.17) is 9.47 Å². The summed E-state index contributed by atoms with van der Waals surface area (Å²) in [5.41, 5.74) is 14.1.